The molecule has 2 N–H and O–H groups in total. The van der Waals surface area contributed by atoms with Gasteiger partial charge in [0.2, 0.25) is 0 Å². The summed E-state index contributed by atoms with van der Waals surface area (Å²) in [6, 6.07) is 16.4. The van der Waals surface area contributed by atoms with Crippen LogP contribution in [0.1, 0.15) is 22.8 Å². The number of aliphatic imine (C=N–C) groups is 1. The molecular formula is C15H14N2O. The van der Waals surface area contributed by atoms with Gasteiger partial charge < -0.3 is 10.5 Å². The number of rotatable bonds is 1. The second-order valence-electron chi connectivity index (χ2n) is 4.42. The first kappa shape index (κ1) is 10.8. The molecule has 3 rings (SSSR count). The fraction of sp³-hybridized carbons (Fsp3) is 0.133. The molecule has 2 aromatic carbocycles. The molecule has 1 unspecified atom stereocenters. The van der Waals surface area contributed by atoms with Gasteiger partial charge >= 0.3 is 0 Å². The molecule has 0 aliphatic carbocycles. The molecule has 0 fully saturated rings. The Kier molecular flexibility index (Phi) is 2.52. The Morgan fingerprint density at radius 1 is 1.11 bits per heavy atom. The lowest BCUT2D eigenvalue weighted by Crippen LogP contribution is -2.23. The highest BCUT2D eigenvalue weighted by Crippen LogP contribution is 2.36. The molecule has 1 aliphatic heterocycles. The van der Waals surface area contributed by atoms with Crippen molar-refractivity contribution in [2.75, 3.05) is 0 Å². The predicted molar refractivity (Wildman–Crippen MR) is 71.8 cm³/mol. The maximum Gasteiger partial charge on any atom is 0.288 e. The van der Waals surface area contributed by atoms with Crippen molar-refractivity contribution in [2.24, 2.45) is 10.7 Å². The first-order valence-electron chi connectivity index (χ1n) is 5.90. The summed E-state index contributed by atoms with van der Waals surface area (Å²) in [6.07, 6.45) is -0.168. The van der Waals surface area contributed by atoms with Crippen molar-refractivity contribution < 1.29 is 4.74 Å². The van der Waals surface area contributed by atoms with E-state index in [4.69, 9.17) is 10.5 Å². The van der Waals surface area contributed by atoms with E-state index in [0.29, 0.717) is 0 Å². The first-order chi connectivity index (χ1) is 8.74. The topological polar surface area (TPSA) is 47.6 Å². The van der Waals surface area contributed by atoms with Gasteiger partial charge in [0.15, 0.2) is 6.10 Å². The van der Waals surface area contributed by atoms with Crippen molar-refractivity contribution in [3.05, 3.63) is 65.2 Å². The van der Waals surface area contributed by atoms with Crippen LogP contribution in [-0.2, 0) is 4.74 Å². The van der Waals surface area contributed by atoms with Crippen LogP contribution in [0.3, 0.4) is 0 Å². The van der Waals surface area contributed by atoms with E-state index in [1.54, 1.807) is 0 Å². The summed E-state index contributed by atoms with van der Waals surface area (Å²) < 4.78 is 5.68. The average Bonchev–Trinajstić information content (AvgIpc) is 2.39. The summed E-state index contributed by atoms with van der Waals surface area (Å²) in [6.45, 7) is 2.06. The Hall–Kier alpha value is -2.29. The number of aryl methyl sites for hydroxylation is 1. The summed E-state index contributed by atoms with van der Waals surface area (Å²) in [4.78, 5) is 4.23. The Morgan fingerprint density at radius 2 is 1.89 bits per heavy atom. The molecule has 2 aromatic rings. The number of hydrogen-bond acceptors (Lipinski definition) is 3. The molecule has 0 radical (unpaired) electrons. The molecule has 0 saturated carbocycles. The number of amidine groups is 1. The number of ether oxygens (including phenoxy) is 1. The molecule has 90 valence electrons. The van der Waals surface area contributed by atoms with Gasteiger partial charge in [-0.15, -0.1) is 0 Å². The molecule has 1 atom stereocenters. The number of nitrogens with two attached hydrogens (primary N) is 1. The van der Waals surface area contributed by atoms with Gasteiger partial charge in [0.05, 0.1) is 5.69 Å². The van der Waals surface area contributed by atoms with Crippen molar-refractivity contribution in [3.8, 4) is 0 Å². The van der Waals surface area contributed by atoms with Crippen LogP contribution in [0.15, 0.2) is 53.5 Å². The van der Waals surface area contributed by atoms with E-state index in [1.165, 1.54) is 5.56 Å². The Balaban J connectivity index is 2.14. The number of benzene rings is 2. The minimum atomic E-state index is -0.168. The Morgan fingerprint density at radius 3 is 2.67 bits per heavy atom. The lowest BCUT2D eigenvalue weighted by atomic mass is 9.97. The molecule has 1 aliphatic rings. The monoisotopic (exact) mass is 238 g/mol. The second kappa shape index (κ2) is 4.18. The third-order valence-corrected chi connectivity index (χ3v) is 3.04. The highest BCUT2D eigenvalue weighted by atomic mass is 16.5. The smallest absolute Gasteiger partial charge is 0.288 e. The minimum Gasteiger partial charge on any atom is -0.452 e. The van der Waals surface area contributed by atoms with Crippen molar-refractivity contribution in [1.29, 1.82) is 0 Å². The zero-order valence-corrected chi connectivity index (χ0v) is 10.1. The predicted octanol–water partition coefficient (Wildman–Crippen LogP) is 3.06. The summed E-state index contributed by atoms with van der Waals surface area (Å²) >= 11 is 0. The van der Waals surface area contributed by atoms with Gasteiger partial charge in [0.1, 0.15) is 0 Å². The van der Waals surface area contributed by atoms with Crippen molar-refractivity contribution >= 4 is 11.7 Å². The van der Waals surface area contributed by atoms with E-state index in [-0.39, 0.29) is 12.1 Å². The van der Waals surface area contributed by atoms with Crippen LogP contribution >= 0.6 is 0 Å². The summed E-state index contributed by atoms with van der Waals surface area (Å²) in [5.41, 5.74) is 9.97. The lowest BCUT2D eigenvalue weighted by Gasteiger charge is -2.24. The molecule has 3 nitrogen and oxygen atoms in total. The summed E-state index contributed by atoms with van der Waals surface area (Å²) in [5, 5.41) is 0. The molecule has 0 aromatic heterocycles. The first-order valence-corrected chi connectivity index (χ1v) is 5.90. The van der Waals surface area contributed by atoms with Gasteiger partial charge in [-0.05, 0) is 24.6 Å². The minimum absolute atomic E-state index is 0.168. The standard InChI is InChI=1S/C15H14N2O/c1-10-7-8-13-12(9-10)14(18-15(16)17-13)11-5-3-2-4-6-11/h2-9,14H,1H3,(H2,16,17). The maximum atomic E-state index is 5.74. The number of hydrogen-bond donors (Lipinski definition) is 1. The zero-order valence-electron chi connectivity index (χ0n) is 10.1. The quantitative estimate of drug-likeness (QED) is 0.830. The molecule has 3 heteroatoms. The van der Waals surface area contributed by atoms with Crippen molar-refractivity contribution in [2.45, 2.75) is 13.0 Å². The number of fused-ring (bicyclic) bond motifs is 1. The molecular weight excluding hydrogens is 224 g/mol. The third-order valence-electron chi connectivity index (χ3n) is 3.04. The van der Waals surface area contributed by atoms with E-state index in [9.17, 15) is 0 Å². The fourth-order valence-corrected chi connectivity index (χ4v) is 2.19. The molecule has 0 amide bonds. The van der Waals surface area contributed by atoms with Gasteiger partial charge in [-0.2, -0.15) is 4.99 Å². The third kappa shape index (κ3) is 1.84. The Bertz CT molecular complexity index is 605. The molecule has 18 heavy (non-hydrogen) atoms. The molecule has 0 bridgehead atoms. The van der Waals surface area contributed by atoms with Crippen LogP contribution in [0.2, 0.25) is 0 Å². The highest BCUT2D eigenvalue weighted by molar-refractivity contribution is 5.79. The highest BCUT2D eigenvalue weighted by Gasteiger charge is 2.24. The van der Waals surface area contributed by atoms with E-state index in [1.807, 2.05) is 42.5 Å². The SMILES string of the molecule is Cc1ccc2c(c1)C(c1ccccc1)OC(N)=N2. The van der Waals surface area contributed by atoms with Gasteiger partial charge in [0, 0.05) is 5.56 Å². The summed E-state index contributed by atoms with van der Waals surface area (Å²) in [7, 11) is 0. The van der Waals surface area contributed by atoms with Gasteiger partial charge in [0.25, 0.3) is 6.02 Å². The normalized spacial score (nSPS) is 17.6. The van der Waals surface area contributed by atoms with Crippen molar-refractivity contribution in [1.82, 2.24) is 0 Å². The van der Waals surface area contributed by atoms with Crippen LogP contribution in [0.5, 0.6) is 0 Å². The van der Waals surface area contributed by atoms with Crippen LogP contribution in [-0.4, -0.2) is 6.02 Å². The molecule has 1 heterocycles. The molecule has 0 spiro atoms. The maximum absolute atomic E-state index is 5.74. The molecule has 0 saturated heterocycles. The zero-order chi connectivity index (χ0) is 12.5. The van der Waals surface area contributed by atoms with Crippen LogP contribution in [0, 0.1) is 6.92 Å². The van der Waals surface area contributed by atoms with E-state index < -0.39 is 0 Å². The van der Waals surface area contributed by atoms with E-state index in [2.05, 4.69) is 18.0 Å². The van der Waals surface area contributed by atoms with E-state index >= 15 is 0 Å². The van der Waals surface area contributed by atoms with Crippen LogP contribution < -0.4 is 5.73 Å². The fourth-order valence-electron chi connectivity index (χ4n) is 2.19. The number of nitrogens with zero attached hydrogens (tertiary/aromatic N) is 1. The van der Waals surface area contributed by atoms with E-state index in [0.717, 1.165) is 16.8 Å². The largest absolute Gasteiger partial charge is 0.452 e. The van der Waals surface area contributed by atoms with Gasteiger partial charge in [-0.3, -0.25) is 0 Å². The lowest BCUT2D eigenvalue weighted by molar-refractivity contribution is 0.224. The van der Waals surface area contributed by atoms with Crippen LogP contribution in [0.25, 0.3) is 0 Å². The van der Waals surface area contributed by atoms with Crippen molar-refractivity contribution in [3.63, 3.8) is 0 Å². The average molecular weight is 238 g/mol. The Labute approximate surface area is 106 Å². The van der Waals surface area contributed by atoms with Gasteiger partial charge in [-0.25, -0.2) is 0 Å². The van der Waals surface area contributed by atoms with Gasteiger partial charge in [-0.1, -0.05) is 42.0 Å². The summed E-state index contributed by atoms with van der Waals surface area (Å²) in [5.74, 6) is 0. The van der Waals surface area contributed by atoms with Crippen LogP contribution in [0.4, 0.5) is 5.69 Å². The second-order valence-corrected chi connectivity index (χ2v) is 4.42.